The van der Waals surface area contributed by atoms with Gasteiger partial charge in [-0.05, 0) is 49.8 Å². The van der Waals surface area contributed by atoms with Gasteiger partial charge in [-0.2, -0.15) is 5.06 Å². The molecule has 0 spiro atoms. The molecular weight excluding hydrogens is 378 g/mol. The Labute approximate surface area is 149 Å². The number of hydrogen-bond acceptors (Lipinski definition) is 4. The molecule has 0 aromatic heterocycles. The highest BCUT2D eigenvalue weighted by molar-refractivity contribution is 9.10. The number of rotatable bonds is 4. The molecule has 0 fully saturated rings. The Balaban J connectivity index is 2.24. The smallest absolute Gasteiger partial charge is 0.288 e. The van der Waals surface area contributed by atoms with Crippen LogP contribution in [0, 0.1) is 13.8 Å². The van der Waals surface area contributed by atoms with Crippen molar-refractivity contribution in [1.29, 1.82) is 0 Å². The molecule has 2 rings (SSSR count). The molecule has 2 aromatic rings. The second-order valence-corrected chi connectivity index (χ2v) is 6.38. The van der Waals surface area contributed by atoms with Crippen molar-refractivity contribution in [2.75, 3.05) is 12.2 Å². The molecule has 23 heavy (non-hydrogen) atoms. The molecule has 0 saturated heterocycles. The van der Waals surface area contributed by atoms with E-state index in [2.05, 4.69) is 22.0 Å². The fourth-order valence-electron chi connectivity index (χ4n) is 2.16. The van der Waals surface area contributed by atoms with E-state index in [1.165, 1.54) is 12.7 Å². The van der Waals surface area contributed by atoms with Crippen LogP contribution >= 0.6 is 28.1 Å². The van der Waals surface area contributed by atoms with Gasteiger partial charge in [-0.15, -0.1) is 0 Å². The maximum absolute atomic E-state index is 10.2. The highest BCUT2D eigenvalue weighted by atomic mass is 79.9. The number of anilines is 1. The predicted octanol–water partition coefficient (Wildman–Crippen LogP) is 4.77. The number of hydrogen-bond donors (Lipinski definition) is 1. The van der Waals surface area contributed by atoms with Gasteiger partial charge in [0.05, 0.1) is 12.8 Å². The van der Waals surface area contributed by atoms with Crippen LogP contribution < -0.4 is 9.80 Å². The summed E-state index contributed by atoms with van der Waals surface area (Å²) < 4.78 is 11.6. The van der Waals surface area contributed by atoms with E-state index in [-0.39, 0.29) is 5.17 Å². The summed E-state index contributed by atoms with van der Waals surface area (Å²) in [7, 11) is 1.41. The van der Waals surface area contributed by atoms with Crippen molar-refractivity contribution in [3.05, 3.63) is 57.6 Å². The minimum Gasteiger partial charge on any atom is -0.489 e. The third kappa shape index (κ3) is 4.43. The zero-order valence-electron chi connectivity index (χ0n) is 13.2. The van der Waals surface area contributed by atoms with E-state index in [1.807, 2.05) is 38.1 Å². The lowest BCUT2D eigenvalue weighted by atomic mass is 10.1. The molecule has 1 N–H and O–H groups in total. The van der Waals surface area contributed by atoms with E-state index in [0.717, 1.165) is 26.4 Å². The Morgan fingerprint density at radius 3 is 2.61 bits per heavy atom. The van der Waals surface area contributed by atoms with Gasteiger partial charge in [-0.3, -0.25) is 5.21 Å². The summed E-state index contributed by atoms with van der Waals surface area (Å²) in [5, 5.41) is 11.0. The highest BCUT2D eigenvalue weighted by Gasteiger charge is 2.15. The molecule has 0 aliphatic heterocycles. The molecule has 6 heteroatoms. The maximum Gasteiger partial charge on any atom is 0.288 e. The Kier molecular flexibility index (Phi) is 5.98. The fourth-order valence-corrected chi connectivity index (χ4v) is 2.61. The van der Waals surface area contributed by atoms with Crippen molar-refractivity contribution in [3.8, 4) is 5.75 Å². The lowest BCUT2D eigenvalue weighted by Gasteiger charge is -2.20. The summed E-state index contributed by atoms with van der Waals surface area (Å²) in [4.78, 5) is 0. The lowest BCUT2D eigenvalue weighted by Crippen LogP contribution is -2.27. The topological polar surface area (TPSA) is 41.9 Å². The summed E-state index contributed by atoms with van der Waals surface area (Å²) in [5.74, 6) is 0.809. The third-order valence-electron chi connectivity index (χ3n) is 3.34. The molecule has 0 radical (unpaired) electrons. The maximum atomic E-state index is 10.2. The standard InChI is InChI=1S/C17H18BrNO3S/c1-11-4-7-16(12(2)8-11)22-10-13-5-6-14(18)9-15(13)19(20)17(23)21-3/h4-9,20H,10H2,1-3H3. The number of thiocarbonyl (C=S) groups is 1. The van der Waals surface area contributed by atoms with Crippen LogP contribution in [0.15, 0.2) is 40.9 Å². The fraction of sp³-hybridized carbons (Fsp3) is 0.235. The van der Waals surface area contributed by atoms with Crippen LogP contribution in [0.4, 0.5) is 5.69 Å². The van der Waals surface area contributed by atoms with Crippen molar-refractivity contribution in [1.82, 2.24) is 0 Å². The quantitative estimate of drug-likeness (QED) is 0.596. The monoisotopic (exact) mass is 395 g/mol. The van der Waals surface area contributed by atoms with Gasteiger partial charge in [-0.25, -0.2) is 0 Å². The Hall–Kier alpha value is -1.63. The molecule has 122 valence electrons. The highest BCUT2D eigenvalue weighted by Crippen LogP contribution is 2.27. The van der Waals surface area contributed by atoms with Crippen LogP contribution in [-0.2, 0) is 11.3 Å². The van der Waals surface area contributed by atoms with Gasteiger partial charge in [0.25, 0.3) is 5.17 Å². The van der Waals surface area contributed by atoms with Gasteiger partial charge in [0.2, 0.25) is 0 Å². The SMILES string of the molecule is COC(=S)N(O)c1cc(Br)ccc1COc1ccc(C)cc1C. The number of nitrogens with zero attached hydrogens (tertiary/aromatic N) is 1. The molecule has 0 heterocycles. The van der Waals surface area contributed by atoms with Crippen LogP contribution in [0.3, 0.4) is 0 Å². The number of methoxy groups -OCH3 is 1. The molecule has 0 saturated carbocycles. The van der Waals surface area contributed by atoms with Crippen LogP contribution in [0.25, 0.3) is 0 Å². The first-order chi connectivity index (χ1) is 10.9. The molecule has 2 aromatic carbocycles. The summed E-state index contributed by atoms with van der Waals surface area (Å²) in [6, 6.07) is 11.5. The predicted molar refractivity (Wildman–Crippen MR) is 98.3 cm³/mol. The van der Waals surface area contributed by atoms with Gasteiger partial charge in [0.15, 0.2) is 0 Å². The average Bonchev–Trinajstić information content (AvgIpc) is 2.53. The van der Waals surface area contributed by atoms with E-state index < -0.39 is 0 Å². The second-order valence-electron chi connectivity index (χ2n) is 5.11. The summed E-state index contributed by atoms with van der Waals surface area (Å²) in [6.07, 6.45) is 0. The van der Waals surface area contributed by atoms with Crippen LogP contribution in [-0.4, -0.2) is 17.5 Å². The van der Waals surface area contributed by atoms with Crippen molar-refractivity contribution < 1.29 is 14.7 Å². The largest absolute Gasteiger partial charge is 0.489 e. The average molecular weight is 396 g/mol. The Morgan fingerprint density at radius 1 is 1.22 bits per heavy atom. The molecule has 0 bridgehead atoms. The minimum absolute atomic E-state index is 0.0316. The lowest BCUT2D eigenvalue weighted by molar-refractivity contribution is 0.264. The first-order valence-corrected chi connectivity index (χ1v) is 8.18. The number of aryl methyl sites for hydroxylation is 2. The van der Waals surface area contributed by atoms with E-state index in [0.29, 0.717) is 12.3 Å². The molecule has 4 nitrogen and oxygen atoms in total. The van der Waals surface area contributed by atoms with Gasteiger partial charge in [0.1, 0.15) is 12.4 Å². The number of hydroxylamine groups is 1. The van der Waals surface area contributed by atoms with Crippen LogP contribution in [0.5, 0.6) is 5.75 Å². The normalized spacial score (nSPS) is 10.3. The Bertz CT molecular complexity index is 721. The molecule has 0 atom stereocenters. The van der Waals surface area contributed by atoms with Crippen molar-refractivity contribution in [2.45, 2.75) is 20.5 Å². The van der Waals surface area contributed by atoms with Gasteiger partial charge in [0, 0.05) is 10.0 Å². The summed E-state index contributed by atoms with van der Waals surface area (Å²) in [6.45, 7) is 4.35. The summed E-state index contributed by atoms with van der Waals surface area (Å²) >= 11 is 8.36. The first-order valence-electron chi connectivity index (χ1n) is 6.98. The van der Waals surface area contributed by atoms with Crippen LogP contribution in [0.1, 0.15) is 16.7 Å². The first kappa shape index (κ1) is 17.7. The number of halogens is 1. The summed E-state index contributed by atoms with van der Waals surface area (Å²) in [5.41, 5.74) is 3.55. The van der Waals surface area contributed by atoms with Crippen LogP contribution in [0.2, 0.25) is 0 Å². The van der Waals surface area contributed by atoms with Gasteiger partial charge in [-0.1, -0.05) is 39.7 Å². The second kappa shape index (κ2) is 7.77. The van der Waals surface area contributed by atoms with Gasteiger partial charge >= 0.3 is 0 Å². The number of ether oxygens (including phenoxy) is 2. The number of benzene rings is 2. The molecule has 0 unspecified atom stereocenters. The zero-order chi connectivity index (χ0) is 17.0. The molecule has 0 aliphatic carbocycles. The third-order valence-corrected chi connectivity index (χ3v) is 4.17. The van der Waals surface area contributed by atoms with E-state index in [9.17, 15) is 5.21 Å². The van der Waals surface area contributed by atoms with Crippen molar-refractivity contribution in [3.63, 3.8) is 0 Å². The van der Waals surface area contributed by atoms with Crippen molar-refractivity contribution >= 4 is 39.0 Å². The van der Waals surface area contributed by atoms with E-state index in [1.54, 1.807) is 6.07 Å². The van der Waals surface area contributed by atoms with Gasteiger partial charge < -0.3 is 9.47 Å². The van der Waals surface area contributed by atoms with E-state index in [4.69, 9.17) is 21.7 Å². The molecule has 0 amide bonds. The van der Waals surface area contributed by atoms with E-state index >= 15 is 0 Å². The van der Waals surface area contributed by atoms with Crippen molar-refractivity contribution in [2.24, 2.45) is 0 Å². The zero-order valence-corrected chi connectivity index (χ0v) is 15.6. The minimum atomic E-state index is -0.0316. The molecule has 0 aliphatic rings. The Morgan fingerprint density at radius 2 is 1.96 bits per heavy atom. The molecular formula is C17H18BrNO3S.